The number of benzene rings is 2. The van der Waals surface area contributed by atoms with Gasteiger partial charge in [0, 0.05) is 12.1 Å². The van der Waals surface area contributed by atoms with Crippen molar-refractivity contribution < 1.29 is 19.0 Å². The van der Waals surface area contributed by atoms with Crippen molar-refractivity contribution in [1.82, 2.24) is 5.32 Å². The lowest BCUT2D eigenvalue weighted by Crippen LogP contribution is -2.31. The van der Waals surface area contributed by atoms with E-state index in [2.05, 4.69) is 10.6 Å². The number of esters is 1. The summed E-state index contributed by atoms with van der Waals surface area (Å²) < 4.78 is 15.4. The first kappa shape index (κ1) is 19.5. The zero-order valence-corrected chi connectivity index (χ0v) is 16.0. The van der Waals surface area contributed by atoms with E-state index in [1.165, 1.54) is 21.3 Å². The fourth-order valence-electron chi connectivity index (χ4n) is 2.44. The van der Waals surface area contributed by atoms with Crippen LogP contribution in [0.1, 0.15) is 28.9 Å². The standard InChI is InChI=1S/C19H22N2O4S/c1-12(13-8-6-5-7-9-13)20-19(26)21-15-11-17(24-3)16(23-2)10-14(15)18(22)25-4/h5-12H,1-4H3,(H2,20,21,26)/t12-/m1/s1. The van der Waals surface area contributed by atoms with Gasteiger partial charge in [0.15, 0.2) is 16.6 Å². The number of hydrogen-bond donors (Lipinski definition) is 2. The van der Waals surface area contributed by atoms with E-state index in [9.17, 15) is 4.79 Å². The molecule has 0 radical (unpaired) electrons. The van der Waals surface area contributed by atoms with Crippen LogP contribution in [0.5, 0.6) is 11.5 Å². The van der Waals surface area contributed by atoms with Gasteiger partial charge in [0.2, 0.25) is 0 Å². The molecule has 26 heavy (non-hydrogen) atoms. The number of methoxy groups -OCH3 is 3. The number of nitrogens with one attached hydrogen (secondary N) is 2. The monoisotopic (exact) mass is 374 g/mol. The zero-order chi connectivity index (χ0) is 19.1. The average molecular weight is 374 g/mol. The Hall–Kier alpha value is -2.80. The van der Waals surface area contributed by atoms with E-state index < -0.39 is 5.97 Å². The number of ether oxygens (including phenoxy) is 3. The molecule has 0 fully saturated rings. The molecule has 0 spiro atoms. The highest BCUT2D eigenvalue weighted by molar-refractivity contribution is 7.80. The summed E-state index contributed by atoms with van der Waals surface area (Å²) in [6.07, 6.45) is 0. The summed E-state index contributed by atoms with van der Waals surface area (Å²) in [6, 6.07) is 13.1. The van der Waals surface area contributed by atoms with E-state index in [0.717, 1.165) is 5.56 Å². The summed E-state index contributed by atoms with van der Waals surface area (Å²) in [5.74, 6) is 0.393. The minimum atomic E-state index is -0.507. The summed E-state index contributed by atoms with van der Waals surface area (Å²) in [6.45, 7) is 2.00. The molecule has 0 amide bonds. The Balaban J connectivity index is 2.23. The maximum absolute atomic E-state index is 12.1. The Morgan fingerprint density at radius 2 is 1.65 bits per heavy atom. The number of rotatable bonds is 6. The molecule has 0 heterocycles. The maximum Gasteiger partial charge on any atom is 0.340 e. The zero-order valence-electron chi connectivity index (χ0n) is 15.2. The second kappa shape index (κ2) is 9.05. The van der Waals surface area contributed by atoms with E-state index >= 15 is 0 Å². The molecule has 0 saturated carbocycles. The van der Waals surface area contributed by atoms with Crippen molar-refractivity contribution in [3.05, 3.63) is 53.6 Å². The molecule has 0 bridgehead atoms. The molecule has 0 aliphatic heterocycles. The van der Waals surface area contributed by atoms with Crippen LogP contribution in [0.15, 0.2) is 42.5 Å². The van der Waals surface area contributed by atoms with Crippen LogP contribution in [0.3, 0.4) is 0 Å². The fourth-order valence-corrected chi connectivity index (χ4v) is 2.73. The average Bonchev–Trinajstić information content (AvgIpc) is 2.67. The molecule has 0 aromatic heterocycles. The number of carbonyl (C=O) groups is 1. The molecular formula is C19H22N2O4S. The van der Waals surface area contributed by atoms with Crippen molar-refractivity contribution in [2.75, 3.05) is 26.6 Å². The third-order valence-electron chi connectivity index (χ3n) is 3.82. The number of anilines is 1. The highest BCUT2D eigenvalue weighted by Gasteiger charge is 2.18. The van der Waals surface area contributed by atoms with Crippen LogP contribution >= 0.6 is 12.2 Å². The van der Waals surface area contributed by atoms with Gasteiger partial charge in [-0.25, -0.2) is 4.79 Å². The molecule has 2 rings (SSSR count). The van der Waals surface area contributed by atoms with Gasteiger partial charge in [-0.2, -0.15) is 0 Å². The third-order valence-corrected chi connectivity index (χ3v) is 4.04. The first-order valence-corrected chi connectivity index (χ1v) is 8.37. The molecule has 2 aromatic carbocycles. The molecule has 138 valence electrons. The molecule has 0 unspecified atom stereocenters. The highest BCUT2D eigenvalue weighted by atomic mass is 32.1. The number of hydrogen-bond acceptors (Lipinski definition) is 5. The first-order valence-electron chi connectivity index (χ1n) is 7.97. The van der Waals surface area contributed by atoms with Crippen LogP contribution in [0.2, 0.25) is 0 Å². The van der Waals surface area contributed by atoms with Crippen LogP contribution < -0.4 is 20.1 Å². The molecule has 0 saturated heterocycles. The first-order chi connectivity index (χ1) is 12.5. The summed E-state index contributed by atoms with van der Waals surface area (Å²) >= 11 is 5.39. The van der Waals surface area contributed by atoms with Crippen molar-refractivity contribution >= 4 is 29.0 Å². The fraction of sp³-hybridized carbons (Fsp3) is 0.263. The Kier molecular flexibility index (Phi) is 6.80. The number of carbonyl (C=O) groups excluding carboxylic acids is 1. The van der Waals surface area contributed by atoms with Gasteiger partial charge in [0.25, 0.3) is 0 Å². The Morgan fingerprint density at radius 1 is 1.04 bits per heavy atom. The smallest absolute Gasteiger partial charge is 0.340 e. The highest BCUT2D eigenvalue weighted by Crippen LogP contribution is 2.33. The second-order valence-electron chi connectivity index (χ2n) is 5.48. The quantitative estimate of drug-likeness (QED) is 0.592. The van der Waals surface area contributed by atoms with Crippen molar-refractivity contribution in [2.24, 2.45) is 0 Å². The van der Waals surface area contributed by atoms with E-state index in [-0.39, 0.29) is 6.04 Å². The van der Waals surface area contributed by atoms with Crippen molar-refractivity contribution in [3.8, 4) is 11.5 Å². The van der Waals surface area contributed by atoms with Gasteiger partial charge in [-0.05, 0) is 24.7 Å². The maximum atomic E-state index is 12.1. The van der Waals surface area contributed by atoms with Crippen molar-refractivity contribution in [2.45, 2.75) is 13.0 Å². The molecule has 0 aliphatic carbocycles. The second-order valence-corrected chi connectivity index (χ2v) is 5.88. The van der Waals surface area contributed by atoms with Gasteiger partial charge >= 0.3 is 5.97 Å². The molecular weight excluding hydrogens is 352 g/mol. The summed E-state index contributed by atoms with van der Waals surface area (Å²) in [7, 11) is 4.34. The SMILES string of the molecule is COC(=O)c1cc(OC)c(OC)cc1NC(=S)N[C@H](C)c1ccccc1. The lowest BCUT2D eigenvalue weighted by Gasteiger charge is -2.19. The molecule has 2 aromatic rings. The van der Waals surface area contributed by atoms with E-state index in [1.807, 2.05) is 37.3 Å². The lowest BCUT2D eigenvalue weighted by atomic mass is 10.1. The van der Waals surface area contributed by atoms with Crippen LogP contribution in [0.4, 0.5) is 5.69 Å². The summed E-state index contributed by atoms with van der Waals surface area (Å²) in [5.41, 5.74) is 1.85. The van der Waals surface area contributed by atoms with Crippen molar-refractivity contribution in [1.29, 1.82) is 0 Å². The van der Waals surface area contributed by atoms with E-state index in [0.29, 0.717) is 27.9 Å². The molecule has 0 aliphatic rings. The van der Waals surface area contributed by atoms with Gasteiger partial charge in [0.1, 0.15) is 0 Å². The summed E-state index contributed by atoms with van der Waals surface area (Å²) in [5, 5.41) is 6.60. The largest absolute Gasteiger partial charge is 0.493 e. The van der Waals surface area contributed by atoms with Gasteiger partial charge in [-0.1, -0.05) is 30.3 Å². The predicted octanol–water partition coefficient (Wildman–Crippen LogP) is 3.54. The van der Waals surface area contributed by atoms with Crippen LogP contribution in [0.25, 0.3) is 0 Å². The Bertz CT molecular complexity index is 781. The minimum absolute atomic E-state index is 0.00193. The van der Waals surface area contributed by atoms with Gasteiger partial charge in [-0.3, -0.25) is 0 Å². The van der Waals surface area contributed by atoms with E-state index in [1.54, 1.807) is 12.1 Å². The third kappa shape index (κ3) is 4.64. The van der Waals surface area contributed by atoms with Crippen LogP contribution in [-0.4, -0.2) is 32.4 Å². The van der Waals surface area contributed by atoms with Crippen LogP contribution in [-0.2, 0) is 4.74 Å². The summed E-state index contributed by atoms with van der Waals surface area (Å²) in [4.78, 5) is 12.1. The minimum Gasteiger partial charge on any atom is -0.493 e. The van der Waals surface area contributed by atoms with Gasteiger partial charge in [-0.15, -0.1) is 0 Å². The van der Waals surface area contributed by atoms with Crippen LogP contribution in [0, 0.1) is 0 Å². The van der Waals surface area contributed by atoms with Gasteiger partial charge in [0.05, 0.1) is 38.6 Å². The molecule has 6 nitrogen and oxygen atoms in total. The molecule has 7 heteroatoms. The Labute approximate surface area is 158 Å². The lowest BCUT2D eigenvalue weighted by molar-refractivity contribution is 0.0601. The number of thiocarbonyl (C=S) groups is 1. The predicted molar refractivity (Wildman–Crippen MR) is 105 cm³/mol. The Morgan fingerprint density at radius 3 is 2.23 bits per heavy atom. The molecule has 2 N–H and O–H groups in total. The normalized spacial score (nSPS) is 11.2. The van der Waals surface area contributed by atoms with E-state index in [4.69, 9.17) is 26.4 Å². The molecule has 1 atom stereocenters. The van der Waals surface area contributed by atoms with Crippen molar-refractivity contribution in [3.63, 3.8) is 0 Å². The topological polar surface area (TPSA) is 68.8 Å². The van der Waals surface area contributed by atoms with Gasteiger partial charge < -0.3 is 24.8 Å².